The average Bonchev–Trinajstić information content (AvgIpc) is 2.44. The molecule has 0 aromatic heterocycles. The monoisotopic (exact) mass is 283 g/mol. The van der Waals surface area contributed by atoms with Gasteiger partial charge < -0.3 is 10.0 Å². The van der Waals surface area contributed by atoms with Crippen LogP contribution in [0.2, 0.25) is 0 Å². The molecule has 1 saturated heterocycles. The number of piperidine rings is 1. The van der Waals surface area contributed by atoms with Gasteiger partial charge >= 0.3 is 5.97 Å². The Morgan fingerprint density at radius 1 is 1.05 bits per heavy atom. The van der Waals surface area contributed by atoms with Crippen molar-refractivity contribution in [2.24, 2.45) is 5.41 Å². The van der Waals surface area contributed by atoms with Crippen molar-refractivity contribution >= 4 is 11.9 Å². The molecule has 1 amide bonds. The lowest BCUT2D eigenvalue weighted by Crippen LogP contribution is -2.46. The van der Waals surface area contributed by atoms with Crippen LogP contribution in [-0.2, 0) is 9.59 Å². The Balaban J connectivity index is 2.40. The zero-order valence-corrected chi connectivity index (χ0v) is 13.0. The van der Waals surface area contributed by atoms with Crippen molar-refractivity contribution in [2.75, 3.05) is 13.1 Å². The minimum Gasteiger partial charge on any atom is -0.481 e. The maximum Gasteiger partial charge on any atom is 0.309 e. The Labute approximate surface area is 122 Å². The minimum atomic E-state index is -0.686. The summed E-state index contributed by atoms with van der Waals surface area (Å²) in [5.74, 6) is -0.481. The lowest BCUT2D eigenvalue weighted by molar-refractivity contribution is -0.155. The molecule has 0 aromatic rings. The first-order valence-electron chi connectivity index (χ1n) is 8.07. The highest BCUT2D eigenvalue weighted by Crippen LogP contribution is 2.36. The fourth-order valence-corrected chi connectivity index (χ4v) is 3.09. The maximum atomic E-state index is 12.1. The van der Waals surface area contributed by atoms with E-state index in [0.29, 0.717) is 32.4 Å². The summed E-state index contributed by atoms with van der Waals surface area (Å²) in [6.07, 6.45) is 7.88. The number of carbonyl (C=O) groups is 2. The van der Waals surface area contributed by atoms with Crippen LogP contribution in [0.5, 0.6) is 0 Å². The second-order valence-electron chi connectivity index (χ2n) is 6.03. The highest BCUT2D eigenvalue weighted by molar-refractivity contribution is 5.78. The smallest absolute Gasteiger partial charge is 0.309 e. The van der Waals surface area contributed by atoms with Crippen LogP contribution in [0.1, 0.15) is 71.6 Å². The molecule has 1 aliphatic rings. The topological polar surface area (TPSA) is 57.6 Å². The standard InChI is InChI=1S/C16H29NO3/c1-3-5-6-7-8-14(18)17-12-10-16(9-4-2,11-13-17)15(19)20/h3-13H2,1-2H3,(H,19,20). The van der Waals surface area contributed by atoms with E-state index in [1.807, 2.05) is 11.8 Å². The number of unbranched alkanes of at least 4 members (excludes halogenated alkanes) is 3. The van der Waals surface area contributed by atoms with Gasteiger partial charge in [0.15, 0.2) is 0 Å². The molecule has 0 unspecified atom stereocenters. The number of carboxylic acid groups (broad SMARTS) is 1. The Morgan fingerprint density at radius 2 is 1.70 bits per heavy atom. The van der Waals surface area contributed by atoms with Crippen molar-refractivity contribution in [1.82, 2.24) is 4.90 Å². The van der Waals surface area contributed by atoms with Crippen LogP contribution in [0.25, 0.3) is 0 Å². The molecular formula is C16H29NO3. The second-order valence-corrected chi connectivity index (χ2v) is 6.03. The summed E-state index contributed by atoms with van der Waals surface area (Å²) in [5.41, 5.74) is -0.590. The predicted molar refractivity (Wildman–Crippen MR) is 79.5 cm³/mol. The minimum absolute atomic E-state index is 0.205. The van der Waals surface area contributed by atoms with Crippen molar-refractivity contribution in [1.29, 1.82) is 0 Å². The number of aliphatic carboxylic acids is 1. The number of nitrogens with zero attached hydrogens (tertiary/aromatic N) is 1. The lowest BCUT2D eigenvalue weighted by Gasteiger charge is -2.39. The van der Waals surface area contributed by atoms with Crippen molar-refractivity contribution < 1.29 is 14.7 Å². The van der Waals surface area contributed by atoms with Gasteiger partial charge in [-0.1, -0.05) is 39.5 Å². The van der Waals surface area contributed by atoms with Crippen molar-refractivity contribution in [3.05, 3.63) is 0 Å². The number of rotatable bonds is 8. The van der Waals surface area contributed by atoms with Gasteiger partial charge in [0, 0.05) is 19.5 Å². The van der Waals surface area contributed by atoms with Crippen LogP contribution >= 0.6 is 0 Å². The van der Waals surface area contributed by atoms with Gasteiger partial charge in [0.05, 0.1) is 5.41 Å². The number of amides is 1. The number of hydrogen-bond donors (Lipinski definition) is 1. The lowest BCUT2D eigenvalue weighted by atomic mass is 9.75. The van der Waals surface area contributed by atoms with Crippen molar-refractivity contribution in [3.63, 3.8) is 0 Å². The quantitative estimate of drug-likeness (QED) is 0.694. The average molecular weight is 283 g/mol. The van der Waals surface area contributed by atoms with Gasteiger partial charge in [0.2, 0.25) is 5.91 Å². The second kappa shape index (κ2) is 8.28. The molecule has 0 aliphatic carbocycles. The summed E-state index contributed by atoms with van der Waals surface area (Å²) in [4.78, 5) is 25.4. The summed E-state index contributed by atoms with van der Waals surface area (Å²) in [6, 6.07) is 0. The zero-order chi connectivity index (χ0) is 15.0. The fourth-order valence-electron chi connectivity index (χ4n) is 3.09. The normalized spacial score (nSPS) is 18.0. The molecule has 0 atom stereocenters. The van der Waals surface area contributed by atoms with Crippen LogP contribution in [0.3, 0.4) is 0 Å². The van der Waals surface area contributed by atoms with E-state index in [1.165, 1.54) is 12.8 Å². The summed E-state index contributed by atoms with van der Waals surface area (Å²) in [5, 5.41) is 9.44. The molecule has 0 spiro atoms. The van der Waals surface area contributed by atoms with Crippen LogP contribution < -0.4 is 0 Å². The molecule has 0 bridgehead atoms. The van der Waals surface area contributed by atoms with E-state index in [2.05, 4.69) is 6.92 Å². The van der Waals surface area contributed by atoms with Gasteiger partial charge in [0.25, 0.3) is 0 Å². The van der Waals surface area contributed by atoms with Gasteiger partial charge in [-0.2, -0.15) is 0 Å². The molecule has 4 nitrogen and oxygen atoms in total. The third kappa shape index (κ3) is 4.50. The molecule has 1 fully saturated rings. The van der Waals surface area contributed by atoms with Crippen LogP contribution in [0.15, 0.2) is 0 Å². The summed E-state index contributed by atoms with van der Waals surface area (Å²) < 4.78 is 0. The Kier molecular flexibility index (Phi) is 7.03. The molecule has 1 heterocycles. The molecule has 1 rings (SSSR count). The van der Waals surface area contributed by atoms with Gasteiger partial charge in [-0.25, -0.2) is 0 Å². The van der Waals surface area contributed by atoms with Gasteiger partial charge in [0.1, 0.15) is 0 Å². The maximum absolute atomic E-state index is 12.1. The van der Waals surface area contributed by atoms with Crippen molar-refractivity contribution in [3.8, 4) is 0 Å². The molecular weight excluding hydrogens is 254 g/mol. The third-order valence-electron chi connectivity index (χ3n) is 4.50. The van der Waals surface area contributed by atoms with Crippen molar-refractivity contribution in [2.45, 2.75) is 71.6 Å². The molecule has 116 valence electrons. The van der Waals surface area contributed by atoms with Gasteiger partial charge in [-0.3, -0.25) is 9.59 Å². The zero-order valence-electron chi connectivity index (χ0n) is 13.0. The van der Waals surface area contributed by atoms with E-state index in [9.17, 15) is 14.7 Å². The molecule has 0 aromatic carbocycles. The first-order valence-corrected chi connectivity index (χ1v) is 8.07. The van der Waals surface area contributed by atoms with E-state index in [-0.39, 0.29) is 5.91 Å². The van der Waals surface area contributed by atoms with E-state index in [1.54, 1.807) is 0 Å². The Morgan fingerprint density at radius 3 is 2.20 bits per heavy atom. The molecule has 20 heavy (non-hydrogen) atoms. The van der Waals surface area contributed by atoms with Crippen LogP contribution in [-0.4, -0.2) is 35.0 Å². The van der Waals surface area contributed by atoms with Gasteiger partial charge in [-0.15, -0.1) is 0 Å². The number of likely N-dealkylation sites (tertiary alicyclic amines) is 1. The summed E-state index contributed by atoms with van der Waals surface area (Å²) >= 11 is 0. The van der Waals surface area contributed by atoms with E-state index >= 15 is 0 Å². The molecule has 1 N–H and O–H groups in total. The fraction of sp³-hybridized carbons (Fsp3) is 0.875. The predicted octanol–water partition coefficient (Wildman–Crippen LogP) is 3.45. The first kappa shape index (κ1) is 17.0. The molecule has 0 saturated carbocycles. The largest absolute Gasteiger partial charge is 0.481 e. The third-order valence-corrected chi connectivity index (χ3v) is 4.50. The summed E-state index contributed by atoms with van der Waals surface area (Å²) in [7, 11) is 0. The van der Waals surface area contributed by atoms with E-state index in [4.69, 9.17) is 0 Å². The highest BCUT2D eigenvalue weighted by Gasteiger charge is 2.41. The van der Waals surface area contributed by atoms with Crippen LogP contribution in [0, 0.1) is 5.41 Å². The Hall–Kier alpha value is -1.06. The van der Waals surface area contributed by atoms with Gasteiger partial charge in [-0.05, 0) is 25.7 Å². The van der Waals surface area contributed by atoms with Crippen LogP contribution in [0.4, 0.5) is 0 Å². The Bertz CT molecular complexity index is 320. The number of hydrogen-bond acceptors (Lipinski definition) is 2. The first-order chi connectivity index (χ1) is 9.55. The SMILES string of the molecule is CCCCCCC(=O)N1CCC(CCC)(C(=O)O)CC1. The van der Waals surface area contributed by atoms with E-state index < -0.39 is 11.4 Å². The molecule has 1 aliphatic heterocycles. The summed E-state index contributed by atoms with van der Waals surface area (Å²) in [6.45, 7) is 5.40. The number of carbonyl (C=O) groups excluding carboxylic acids is 1. The molecule has 4 heteroatoms. The number of carboxylic acids is 1. The highest BCUT2D eigenvalue weighted by atomic mass is 16.4. The van der Waals surface area contributed by atoms with E-state index in [0.717, 1.165) is 25.7 Å². The molecule has 0 radical (unpaired) electrons.